The zero-order valence-electron chi connectivity index (χ0n) is 19.5. The third-order valence-corrected chi connectivity index (χ3v) is 6.54. The van der Waals surface area contributed by atoms with Crippen LogP contribution in [0.4, 0.5) is 0 Å². The minimum atomic E-state index is -4.19. The van der Waals surface area contributed by atoms with Crippen molar-refractivity contribution < 1.29 is 33.0 Å². The highest BCUT2D eigenvalue weighted by Gasteiger charge is 2.42. The molecule has 2 heterocycles. The summed E-state index contributed by atoms with van der Waals surface area (Å²) < 4.78 is 36.5. The molecule has 5 atom stereocenters. The van der Waals surface area contributed by atoms with Gasteiger partial charge in [-0.1, -0.05) is 24.8 Å². The number of benzene rings is 1. The van der Waals surface area contributed by atoms with Gasteiger partial charge in [0, 0.05) is 17.8 Å². The molecule has 3 rings (SSSR count). The lowest BCUT2D eigenvalue weighted by molar-refractivity contribution is -0.149. The molecule has 3 N–H and O–H groups in total. The monoisotopic (exact) mass is 509 g/mol. The van der Waals surface area contributed by atoms with Crippen LogP contribution >= 0.6 is 7.75 Å². The van der Waals surface area contributed by atoms with E-state index >= 15 is 0 Å². The lowest BCUT2D eigenvalue weighted by Gasteiger charge is -2.25. The molecule has 2 aromatic rings. The first-order chi connectivity index (χ1) is 16.5. The number of aliphatic hydroxyl groups is 1. The molecule has 1 aliphatic heterocycles. The van der Waals surface area contributed by atoms with Crippen LogP contribution in [-0.2, 0) is 23.4 Å². The van der Waals surface area contributed by atoms with Gasteiger partial charge in [-0.2, -0.15) is 5.09 Å². The number of hydrogen-bond acceptors (Lipinski definition) is 9. The second kappa shape index (κ2) is 11.1. The summed E-state index contributed by atoms with van der Waals surface area (Å²) in [5, 5.41) is 13.1. The van der Waals surface area contributed by atoms with E-state index in [4.69, 9.17) is 18.5 Å². The van der Waals surface area contributed by atoms with E-state index in [9.17, 15) is 24.1 Å². The Morgan fingerprint density at radius 1 is 1.26 bits per heavy atom. The van der Waals surface area contributed by atoms with Crippen molar-refractivity contribution in [1.82, 2.24) is 14.6 Å². The van der Waals surface area contributed by atoms with E-state index in [-0.39, 0.29) is 17.4 Å². The van der Waals surface area contributed by atoms with Crippen molar-refractivity contribution in [2.75, 3.05) is 6.61 Å². The topological polar surface area (TPSA) is 158 Å². The van der Waals surface area contributed by atoms with E-state index in [1.165, 1.54) is 13.1 Å². The van der Waals surface area contributed by atoms with Gasteiger partial charge in [0.05, 0.1) is 12.7 Å². The van der Waals surface area contributed by atoms with E-state index in [1.54, 1.807) is 44.2 Å². The maximum atomic E-state index is 13.6. The molecule has 1 aromatic carbocycles. The van der Waals surface area contributed by atoms with Crippen molar-refractivity contribution in [3.63, 3.8) is 0 Å². The third kappa shape index (κ3) is 6.77. The Bertz CT molecular complexity index is 1210. The van der Waals surface area contributed by atoms with E-state index in [0.29, 0.717) is 0 Å². The second-order valence-electron chi connectivity index (χ2n) is 8.10. The Balaban J connectivity index is 1.76. The van der Waals surface area contributed by atoms with Gasteiger partial charge >= 0.3 is 19.4 Å². The molecule has 1 aromatic heterocycles. The molecule has 0 radical (unpaired) electrons. The van der Waals surface area contributed by atoms with Crippen LogP contribution in [0.25, 0.3) is 0 Å². The van der Waals surface area contributed by atoms with Crippen molar-refractivity contribution in [3.8, 4) is 5.75 Å². The maximum Gasteiger partial charge on any atom is 0.459 e. The summed E-state index contributed by atoms with van der Waals surface area (Å²) in [7, 11) is -4.19. The average Bonchev–Trinajstić information content (AvgIpc) is 3.06. The quantitative estimate of drug-likeness (QED) is 0.243. The third-order valence-electron chi connectivity index (χ3n) is 4.89. The summed E-state index contributed by atoms with van der Waals surface area (Å²) in [6.45, 7) is 8.11. The largest absolute Gasteiger partial charge is 0.462 e. The number of H-pyrrole nitrogens is 1. The van der Waals surface area contributed by atoms with E-state index in [1.807, 2.05) is 0 Å². The number of aromatic amines is 1. The highest BCUT2D eigenvalue weighted by Crippen LogP contribution is 2.46. The minimum absolute atomic E-state index is 0.133. The molecule has 1 aliphatic rings. The summed E-state index contributed by atoms with van der Waals surface area (Å²) in [5.41, 5.74) is -1.21. The van der Waals surface area contributed by atoms with Crippen LogP contribution in [-0.4, -0.2) is 51.6 Å². The lowest BCUT2D eigenvalue weighted by Crippen LogP contribution is -2.37. The summed E-state index contributed by atoms with van der Waals surface area (Å²) in [6.07, 6.45) is -2.64. The summed E-state index contributed by atoms with van der Waals surface area (Å²) in [5.74, 6) is -0.453. The number of nitrogens with zero attached hydrogens (tertiary/aromatic N) is 1. The zero-order valence-corrected chi connectivity index (χ0v) is 20.3. The summed E-state index contributed by atoms with van der Waals surface area (Å²) >= 11 is 0. The number of carbonyl (C=O) groups is 1. The number of aliphatic hydroxyl groups excluding tert-OH is 1. The van der Waals surface area contributed by atoms with Gasteiger partial charge in [0.1, 0.15) is 24.0 Å². The molecule has 0 amide bonds. The van der Waals surface area contributed by atoms with Crippen LogP contribution in [0, 0.1) is 0 Å². The number of aromatic nitrogens is 2. The molecule has 12 nitrogen and oxygen atoms in total. The molecule has 0 saturated carbocycles. The van der Waals surface area contributed by atoms with E-state index < -0.39 is 56.0 Å². The number of esters is 1. The van der Waals surface area contributed by atoms with Crippen LogP contribution in [0.1, 0.15) is 27.0 Å². The molecular weight excluding hydrogens is 481 g/mol. The molecule has 0 aliphatic carbocycles. The normalized spacial score (nSPS) is 22.5. The van der Waals surface area contributed by atoms with Crippen molar-refractivity contribution in [3.05, 3.63) is 75.6 Å². The second-order valence-corrected chi connectivity index (χ2v) is 9.79. The van der Waals surface area contributed by atoms with E-state index in [0.717, 1.165) is 10.6 Å². The number of hydrogen-bond donors (Lipinski definition) is 3. The van der Waals surface area contributed by atoms with Crippen molar-refractivity contribution >= 4 is 13.7 Å². The Morgan fingerprint density at radius 3 is 2.57 bits per heavy atom. The molecule has 0 bridgehead atoms. The number of carbonyl (C=O) groups excluding carboxylic acids is 1. The first kappa shape index (κ1) is 26.6. The first-order valence-electron chi connectivity index (χ1n) is 10.8. The van der Waals surface area contributed by atoms with Crippen molar-refractivity contribution in [2.24, 2.45) is 0 Å². The Kier molecular flexibility index (Phi) is 8.47. The first-order valence-corrected chi connectivity index (χ1v) is 12.3. The predicted molar refractivity (Wildman–Crippen MR) is 125 cm³/mol. The number of para-hydroxylation sites is 1. The smallest absolute Gasteiger partial charge is 0.459 e. The molecule has 190 valence electrons. The molecule has 0 unspecified atom stereocenters. The molecule has 1 fully saturated rings. The Labute approximate surface area is 201 Å². The van der Waals surface area contributed by atoms with Crippen LogP contribution in [0.5, 0.6) is 5.75 Å². The van der Waals surface area contributed by atoms with Gasteiger partial charge in [0.15, 0.2) is 6.23 Å². The van der Waals surface area contributed by atoms with Gasteiger partial charge in [-0.3, -0.25) is 23.7 Å². The minimum Gasteiger partial charge on any atom is -0.462 e. The van der Waals surface area contributed by atoms with Crippen molar-refractivity contribution in [1.29, 1.82) is 0 Å². The number of ether oxygens (including phenoxy) is 2. The van der Waals surface area contributed by atoms with Crippen LogP contribution < -0.4 is 20.9 Å². The number of rotatable bonds is 10. The van der Waals surface area contributed by atoms with Gasteiger partial charge in [-0.25, -0.2) is 9.36 Å². The molecular formula is C22H28N3O9P. The van der Waals surface area contributed by atoms with E-state index in [2.05, 4.69) is 16.7 Å². The van der Waals surface area contributed by atoms with Gasteiger partial charge in [-0.05, 0) is 32.9 Å². The average molecular weight is 509 g/mol. The predicted octanol–water partition coefficient (Wildman–Crippen LogP) is 1.48. The molecule has 35 heavy (non-hydrogen) atoms. The van der Waals surface area contributed by atoms with Crippen molar-refractivity contribution in [2.45, 2.75) is 51.4 Å². The highest BCUT2D eigenvalue weighted by atomic mass is 31.2. The SMILES string of the molecule is C=C1[C@H](n2ccc(=O)[nH]c2=O)O[C@H](CO[P@@](=O)(N[C@@H](C)C(=O)OC(C)C)Oc2ccccc2)[C@H]1O. The highest BCUT2D eigenvalue weighted by molar-refractivity contribution is 7.52. The van der Waals surface area contributed by atoms with Gasteiger partial charge in [0.2, 0.25) is 0 Å². The molecule has 13 heteroatoms. The Morgan fingerprint density at radius 2 is 1.94 bits per heavy atom. The van der Waals surface area contributed by atoms with Gasteiger partial charge in [0.25, 0.3) is 5.56 Å². The fraction of sp³-hybridized carbons (Fsp3) is 0.409. The fourth-order valence-electron chi connectivity index (χ4n) is 3.20. The zero-order chi connectivity index (χ0) is 25.8. The summed E-state index contributed by atoms with van der Waals surface area (Å²) in [6, 6.07) is 8.24. The maximum absolute atomic E-state index is 13.6. The van der Waals surface area contributed by atoms with Gasteiger partial charge in [-0.15, -0.1) is 0 Å². The van der Waals surface area contributed by atoms with Crippen LogP contribution in [0.15, 0.2) is 64.3 Å². The Hall–Kier alpha value is -3.02. The standard InChI is InChI=1S/C22H28N3O9P/c1-13(2)32-21(28)15(4)24-35(30,34-16-8-6-5-7-9-16)31-12-17-19(27)14(3)20(33-17)25-11-10-18(26)23-22(25)29/h5-11,13,15,17,19-20,27H,3,12H2,1-2,4H3,(H,24,30)(H,23,26,29)/t15-,17+,19-,20+,35-/m0/s1. The summed E-state index contributed by atoms with van der Waals surface area (Å²) in [4.78, 5) is 37.8. The molecule has 0 spiro atoms. The van der Waals surface area contributed by atoms with Gasteiger partial charge < -0.3 is 19.1 Å². The van der Waals surface area contributed by atoms with Crippen LogP contribution in [0.2, 0.25) is 0 Å². The lowest BCUT2D eigenvalue weighted by atomic mass is 10.1. The number of nitrogens with one attached hydrogen (secondary N) is 2. The fourth-order valence-corrected chi connectivity index (χ4v) is 4.71. The molecule has 1 saturated heterocycles. The van der Waals surface area contributed by atoms with Crippen LogP contribution in [0.3, 0.4) is 0 Å².